The average molecular weight is 390 g/mol. The number of carbonyl (C=O) groups excluding carboxylic acids is 1. The maximum Gasteiger partial charge on any atom is 0.248 e. The zero-order valence-electron chi connectivity index (χ0n) is 12.1. The van der Waals surface area contributed by atoms with Crippen molar-refractivity contribution in [3.63, 3.8) is 0 Å². The number of rotatable bonds is 5. The van der Waals surface area contributed by atoms with Crippen LogP contribution in [0, 0.1) is 5.92 Å². The number of halogens is 1. The van der Waals surface area contributed by atoms with Gasteiger partial charge in [-0.15, -0.1) is 24.0 Å². The molecule has 0 aliphatic heterocycles. The number of amides is 1. The van der Waals surface area contributed by atoms with Crippen LogP contribution in [-0.4, -0.2) is 25.5 Å². The van der Waals surface area contributed by atoms with Gasteiger partial charge in [0.25, 0.3) is 0 Å². The molecule has 0 heterocycles. The van der Waals surface area contributed by atoms with Gasteiger partial charge in [0.15, 0.2) is 5.96 Å². The Labute approximate surface area is 137 Å². The summed E-state index contributed by atoms with van der Waals surface area (Å²) in [7, 11) is 1.73. The lowest BCUT2D eigenvalue weighted by Gasteiger charge is -2.13. The van der Waals surface area contributed by atoms with Crippen molar-refractivity contribution in [1.29, 1.82) is 0 Å². The lowest BCUT2D eigenvalue weighted by atomic mass is 10.1. The van der Waals surface area contributed by atoms with E-state index in [2.05, 4.69) is 29.5 Å². The first kappa shape index (κ1) is 18.7. The number of benzene rings is 1. The van der Waals surface area contributed by atoms with E-state index in [4.69, 9.17) is 5.73 Å². The number of nitrogens with zero attached hydrogens (tertiary/aromatic N) is 1. The quantitative estimate of drug-likeness (QED) is 0.407. The summed E-state index contributed by atoms with van der Waals surface area (Å²) in [5, 5.41) is 6.42. The zero-order chi connectivity index (χ0) is 14.3. The highest BCUT2D eigenvalue weighted by atomic mass is 127. The monoisotopic (exact) mass is 390 g/mol. The Balaban J connectivity index is 0.00000361. The first-order valence-corrected chi connectivity index (χ1v) is 6.36. The third kappa shape index (κ3) is 6.74. The first-order valence-electron chi connectivity index (χ1n) is 6.36. The Hall–Kier alpha value is -1.31. The molecule has 0 saturated carbocycles. The van der Waals surface area contributed by atoms with E-state index in [-0.39, 0.29) is 24.0 Å². The number of hydrogen-bond acceptors (Lipinski definition) is 2. The number of nitrogens with two attached hydrogens (primary N) is 1. The number of hydrogen-bond donors (Lipinski definition) is 3. The summed E-state index contributed by atoms with van der Waals surface area (Å²) < 4.78 is 0. The van der Waals surface area contributed by atoms with Crippen LogP contribution >= 0.6 is 24.0 Å². The number of nitrogens with one attached hydrogen (secondary N) is 2. The molecule has 112 valence electrons. The minimum atomic E-state index is -0.413. The number of aliphatic imine (C=N–C) groups is 1. The summed E-state index contributed by atoms with van der Waals surface area (Å²) in [4.78, 5) is 15.2. The Morgan fingerprint density at radius 3 is 2.60 bits per heavy atom. The summed E-state index contributed by atoms with van der Waals surface area (Å²) >= 11 is 0. The van der Waals surface area contributed by atoms with Crippen LogP contribution in [0.3, 0.4) is 0 Å². The molecule has 1 aromatic carbocycles. The van der Waals surface area contributed by atoms with Crippen LogP contribution in [0.1, 0.15) is 29.8 Å². The molecule has 0 aromatic heterocycles. The highest BCUT2D eigenvalue weighted by Crippen LogP contribution is 2.04. The second kappa shape index (κ2) is 9.57. The lowest BCUT2D eigenvalue weighted by Crippen LogP contribution is -2.38. The van der Waals surface area contributed by atoms with E-state index in [1.54, 1.807) is 19.2 Å². The van der Waals surface area contributed by atoms with E-state index < -0.39 is 5.91 Å². The van der Waals surface area contributed by atoms with Gasteiger partial charge < -0.3 is 16.4 Å². The van der Waals surface area contributed by atoms with Gasteiger partial charge in [0, 0.05) is 25.7 Å². The maximum absolute atomic E-state index is 11.1. The number of primary amides is 1. The molecule has 0 unspecified atom stereocenters. The van der Waals surface area contributed by atoms with Crippen molar-refractivity contribution >= 4 is 35.8 Å². The zero-order valence-corrected chi connectivity index (χ0v) is 14.5. The lowest BCUT2D eigenvalue weighted by molar-refractivity contribution is 0.1000. The Kier molecular flexibility index (Phi) is 8.94. The van der Waals surface area contributed by atoms with Gasteiger partial charge in [-0.2, -0.15) is 0 Å². The van der Waals surface area contributed by atoms with Gasteiger partial charge in [-0.1, -0.05) is 26.0 Å². The van der Waals surface area contributed by atoms with E-state index in [1.807, 2.05) is 12.1 Å². The van der Waals surface area contributed by atoms with Crippen molar-refractivity contribution in [2.24, 2.45) is 16.6 Å². The molecule has 0 fully saturated rings. The summed E-state index contributed by atoms with van der Waals surface area (Å²) in [5.41, 5.74) is 6.76. The van der Waals surface area contributed by atoms with Crippen LogP contribution in [0.4, 0.5) is 0 Å². The molecule has 0 aliphatic rings. The van der Waals surface area contributed by atoms with Crippen LogP contribution in [0.5, 0.6) is 0 Å². The van der Waals surface area contributed by atoms with Crippen LogP contribution in [0.15, 0.2) is 29.3 Å². The second-order valence-electron chi connectivity index (χ2n) is 4.77. The smallest absolute Gasteiger partial charge is 0.248 e. The minimum absolute atomic E-state index is 0. The van der Waals surface area contributed by atoms with E-state index in [9.17, 15) is 4.79 Å². The van der Waals surface area contributed by atoms with Gasteiger partial charge >= 0.3 is 0 Å². The van der Waals surface area contributed by atoms with Crippen LogP contribution in [-0.2, 0) is 6.54 Å². The van der Waals surface area contributed by atoms with Crippen LogP contribution < -0.4 is 16.4 Å². The fourth-order valence-corrected chi connectivity index (χ4v) is 1.54. The van der Waals surface area contributed by atoms with Crippen molar-refractivity contribution in [2.75, 3.05) is 13.6 Å². The molecule has 5 nitrogen and oxygen atoms in total. The number of guanidine groups is 1. The first-order chi connectivity index (χ1) is 9.02. The normalized spacial score (nSPS) is 10.9. The summed E-state index contributed by atoms with van der Waals surface area (Å²) in [6.45, 7) is 5.73. The predicted octanol–water partition coefficient (Wildman–Crippen LogP) is 1.72. The second-order valence-corrected chi connectivity index (χ2v) is 4.77. The van der Waals surface area contributed by atoms with Gasteiger partial charge in [-0.25, -0.2) is 0 Å². The van der Waals surface area contributed by atoms with Crippen molar-refractivity contribution in [3.8, 4) is 0 Å². The largest absolute Gasteiger partial charge is 0.366 e. The standard InChI is InChI=1S/C14H22N4O.HI/c1-10(2)8-17-14(16-3)18-9-11-5-4-6-12(7-11)13(15)19;/h4-7,10H,8-9H2,1-3H3,(H2,15,19)(H2,16,17,18);1H. The van der Waals surface area contributed by atoms with Gasteiger partial charge in [0.1, 0.15) is 0 Å². The topological polar surface area (TPSA) is 79.5 Å². The third-order valence-electron chi connectivity index (χ3n) is 2.57. The molecule has 4 N–H and O–H groups in total. The SMILES string of the molecule is CN=C(NCc1cccc(C(N)=O)c1)NCC(C)C.I. The fraction of sp³-hybridized carbons (Fsp3) is 0.429. The molecular weight excluding hydrogens is 367 g/mol. The molecule has 1 amide bonds. The molecule has 0 aliphatic carbocycles. The molecule has 0 spiro atoms. The van der Waals surface area contributed by atoms with E-state index in [1.165, 1.54) is 0 Å². The van der Waals surface area contributed by atoms with E-state index in [0.29, 0.717) is 18.0 Å². The highest BCUT2D eigenvalue weighted by Gasteiger charge is 2.03. The van der Waals surface area contributed by atoms with Crippen molar-refractivity contribution < 1.29 is 4.79 Å². The summed E-state index contributed by atoms with van der Waals surface area (Å²) in [6.07, 6.45) is 0. The maximum atomic E-state index is 11.1. The van der Waals surface area contributed by atoms with Crippen molar-refractivity contribution in [2.45, 2.75) is 20.4 Å². The van der Waals surface area contributed by atoms with Crippen molar-refractivity contribution in [1.82, 2.24) is 10.6 Å². The third-order valence-corrected chi connectivity index (χ3v) is 2.57. The van der Waals surface area contributed by atoms with Gasteiger partial charge in [0.2, 0.25) is 5.91 Å². The fourth-order valence-electron chi connectivity index (χ4n) is 1.54. The molecule has 1 rings (SSSR count). The molecule has 0 bridgehead atoms. The van der Waals surface area contributed by atoms with Gasteiger partial charge in [0.05, 0.1) is 0 Å². The molecule has 6 heteroatoms. The van der Waals surface area contributed by atoms with E-state index in [0.717, 1.165) is 18.1 Å². The Morgan fingerprint density at radius 2 is 2.05 bits per heavy atom. The summed E-state index contributed by atoms with van der Waals surface area (Å²) in [5.74, 6) is 0.888. The number of carbonyl (C=O) groups is 1. The predicted molar refractivity (Wildman–Crippen MR) is 93.4 cm³/mol. The van der Waals surface area contributed by atoms with E-state index >= 15 is 0 Å². The molecule has 1 aromatic rings. The van der Waals surface area contributed by atoms with Crippen LogP contribution in [0.25, 0.3) is 0 Å². The minimum Gasteiger partial charge on any atom is -0.366 e. The highest BCUT2D eigenvalue weighted by molar-refractivity contribution is 14.0. The van der Waals surface area contributed by atoms with Crippen molar-refractivity contribution in [3.05, 3.63) is 35.4 Å². The average Bonchev–Trinajstić information content (AvgIpc) is 2.39. The summed E-state index contributed by atoms with van der Waals surface area (Å²) in [6, 6.07) is 7.25. The molecule has 20 heavy (non-hydrogen) atoms. The van der Waals surface area contributed by atoms with Gasteiger partial charge in [-0.3, -0.25) is 9.79 Å². The molecule has 0 saturated heterocycles. The molecule has 0 atom stereocenters. The molecular formula is C14H23IN4O. The Bertz CT molecular complexity index is 460. The molecule has 0 radical (unpaired) electrons. The Morgan fingerprint density at radius 1 is 1.35 bits per heavy atom. The van der Waals surface area contributed by atoms with Gasteiger partial charge in [-0.05, 0) is 23.6 Å². The van der Waals surface area contributed by atoms with Crippen LogP contribution in [0.2, 0.25) is 0 Å².